The van der Waals surface area contributed by atoms with Gasteiger partial charge in [-0.1, -0.05) is 32.8 Å². The molecule has 1 amide bonds. The summed E-state index contributed by atoms with van der Waals surface area (Å²) in [5.74, 6) is -1.82. The molecule has 1 unspecified atom stereocenters. The van der Waals surface area contributed by atoms with E-state index in [0.29, 0.717) is 0 Å². The number of hydrogen-bond acceptors (Lipinski definition) is 3. The van der Waals surface area contributed by atoms with E-state index in [9.17, 15) is 19.4 Å². The number of phenols is 1. The van der Waals surface area contributed by atoms with Crippen molar-refractivity contribution in [3.8, 4) is 5.75 Å². The van der Waals surface area contributed by atoms with E-state index in [1.54, 1.807) is 0 Å². The summed E-state index contributed by atoms with van der Waals surface area (Å²) in [6.07, 6.45) is 0.935. The van der Waals surface area contributed by atoms with Gasteiger partial charge in [0.1, 0.15) is 17.1 Å². The number of phenolic OH excluding ortho intramolecular Hbond substituents is 1. The van der Waals surface area contributed by atoms with Gasteiger partial charge in [0.15, 0.2) is 0 Å². The smallest absolute Gasteiger partial charge is 0.258 e. The molecule has 0 saturated heterocycles. The lowest BCUT2D eigenvalue weighted by atomic mass is 9.96. The van der Waals surface area contributed by atoms with Gasteiger partial charge in [-0.15, -0.1) is 0 Å². The van der Waals surface area contributed by atoms with E-state index in [1.807, 2.05) is 13.8 Å². The lowest BCUT2D eigenvalue weighted by Crippen LogP contribution is -2.36. The Morgan fingerprint density at radius 1 is 1.37 bits per heavy atom. The molecule has 106 valence electrons. The highest BCUT2D eigenvalue weighted by molar-refractivity contribution is 5.97. The zero-order chi connectivity index (χ0) is 14.4. The highest BCUT2D eigenvalue weighted by Crippen LogP contribution is 2.19. The zero-order valence-corrected chi connectivity index (χ0v) is 11.2. The fourth-order valence-corrected chi connectivity index (χ4v) is 2.02. The van der Waals surface area contributed by atoms with E-state index in [2.05, 4.69) is 5.32 Å². The molecule has 0 saturated carbocycles. The molecular weight excluding hydrogens is 249 g/mol. The van der Waals surface area contributed by atoms with Crippen LogP contribution in [0.1, 0.15) is 37.0 Å². The molecule has 0 aliphatic rings. The molecule has 0 radical (unpaired) electrons. The molecule has 3 N–H and O–H groups in total. The third kappa shape index (κ3) is 3.92. The lowest BCUT2D eigenvalue weighted by molar-refractivity contribution is 0.0811. The molecule has 1 rings (SSSR count). The molecule has 0 heterocycles. The molecule has 4 nitrogen and oxygen atoms in total. The number of carbonyl (C=O) groups excluding carboxylic acids is 1. The summed E-state index contributed by atoms with van der Waals surface area (Å²) in [5, 5.41) is 21.8. The molecule has 1 aromatic rings. The van der Waals surface area contributed by atoms with E-state index in [4.69, 9.17) is 0 Å². The van der Waals surface area contributed by atoms with Crippen LogP contribution in [0.5, 0.6) is 5.75 Å². The summed E-state index contributed by atoms with van der Waals surface area (Å²) in [6, 6.07) is 3.67. The number of hydrogen-bond donors (Lipinski definition) is 3. The summed E-state index contributed by atoms with van der Waals surface area (Å²) < 4.78 is 13.4. The molecule has 5 heteroatoms. The quantitative estimate of drug-likeness (QED) is 0.740. The number of rotatable bonds is 6. The third-order valence-electron chi connectivity index (χ3n) is 3.28. The molecule has 0 aliphatic heterocycles. The molecule has 0 aliphatic carbocycles. The van der Waals surface area contributed by atoms with Gasteiger partial charge in [-0.2, -0.15) is 0 Å². The minimum atomic E-state index is -0.783. The van der Waals surface area contributed by atoms with Crippen LogP contribution in [0.3, 0.4) is 0 Å². The molecule has 0 spiro atoms. The predicted octanol–water partition coefficient (Wildman–Crippen LogP) is 2.06. The minimum absolute atomic E-state index is 0.0406. The van der Waals surface area contributed by atoms with Crippen LogP contribution in [-0.4, -0.2) is 28.8 Å². The van der Waals surface area contributed by atoms with Crippen LogP contribution in [0.4, 0.5) is 4.39 Å². The highest BCUT2D eigenvalue weighted by Gasteiger charge is 2.20. The maximum Gasteiger partial charge on any atom is 0.258 e. The topological polar surface area (TPSA) is 69.6 Å². The predicted molar refractivity (Wildman–Crippen MR) is 70.5 cm³/mol. The maximum atomic E-state index is 13.4. The standard InChI is InChI=1S/C14H20FNO3/c1-3-9(4-2)12(18)8-16-14(19)13-10(15)6-5-7-11(13)17/h5-7,9,12,17-18H,3-4,8H2,1-2H3,(H,16,19). The van der Waals surface area contributed by atoms with Crippen molar-refractivity contribution in [3.05, 3.63) is 29.6 Å². The van der Waals surface area contributed by atoms with Gasteiger partial charge in [-0.3, -0.25) is 4.79 Å². The second-order valence-corrected chi connectivity index (χ2v) is 4.49. The summed E-state index contributed by atoms with van der Waals surface area (Å²) in [4.78, 5) is 11.8. The van der Waals surface area contributed by atoms with Gasteiger partial charge in [-0.05, 0) is 18.1 Å². The molecule has 19 heavy (non-hydrogen) atoms. The number of halogens is 1. The summed E-state index contributed by atoms with van der Waals surface area (Å²) in [6.45, 7) is 3.96. The van der Waals surface area contributed by atoms with Crippen molar-refractivity contribution in [3.63, 3.8) is 0 Å². The maximum absolute atomic E-state index is 13.4. The first-order valence-electron chi connectivity index (χ1n) is 6.44. The normalized spacial score (nSPS) is 12.5. The molecule has 1 atom stereocenters. The van der Waals surface area contributed by atoms with Gasteiger partial charge >= 0.3 is 0 Å². The second kappa shape index (κ2) is 7.09. The van der Waals surface area contributed by atoms with Crippen molar-refractivity contribution in [2.45, 2.75) is 32.8 Å². The summed E-state index contributed by atoms with van der Waals surface area (Å²) in [7, 11) is 0. The van der Waals surface area contributed by atoms with Crippen molar-refractivity contribution in [2.24, 2.45) is 5.92 Å². The van der Waals surface area contributed by atoms with Gasteiger partial charge in [0.25, 0.3) is 5.91 Å². The SMILES string of the molecule is CCC(CC)C(O)CNC(=O)c1c(O)cccc1F. The molecule has 0 bridgehead atoms. The number of aliphatic hydroxyl groups is 1. The number of nitrogens with one attached hydrogen (secondary N) is 1. The summed E-state index contributed by atoms with van der Waals surface area (Å²) >= 11 is 0. The van der Waals surface area contributed by atoms with Crippen LogP contribution in [0.15, 0.2) is 18.2 Å². The van der Waals surface area contributed by atoms with Gasteiger partial charge in [0.05, 0.1) is 6.10 Å². The summed E-state index contributed by atoms with van der Waals surface area (Å²) in [5.41, 5.74) is -0.390. The van der Waals surface area contributed by atoms with Crippen molar-refractivity contribution < 1.29 is 19.4 Å². The van der Waals surface area contributed by atoms with E-state index in [-0.39, 0.29) is 18.0 Å². The van der Waals surface area contributed by atoms with E-state index < -0.39 is 23.6 Å². The van der Waals surface area contributed by atoms with Crippen molar-refractivity contribution in [1.82, 2.24) is 5.32 Å². The molecular formula is C14H20FNO3. The Bertz CT molecular complexity index is 412. The van der Waals surface area contributed by atoms with Gasteiger partial charge in [-0.25, -0.2) is 4.39 Å². The van der Waals surface area contributed by atoms with Crippen LogP contribution < -0.4 is 5.32 Å². The van der Waals surface area contributed by atoms with Crippen molar-refractivity contribution >= 4 is 5.91 Å². The number of amides is 1. The molecule has 0 aromatic heterocycles. The largest absolute Gasteiger partial charge is 0.507 e. The van der Waals surface area contributed by atoms with Crippen LogP contribution in [0, 0.1) is 11.7 Å². The van der Waals surface area contributed by atoms with Crippen LogP contribution >= 0.6 is 0 Å². The lowest BCUT2D eigenvalue weighted by Gasteiger charge is -2.20. The van der Waals surface area contributed by atoms with Crippen molar-refractivity contribution in [1.29, 1.82) is 0 Å². The number of carbonyl (C=O) groups is 1. The first kappa shape index (κ1) is 15.4. The molecule has 0 fully saturated rings. The fraction of sp³-hybridized carbons (Fsp3) is 0.500. The Labute approximate surface area is 112 Å². The van der Waals surface area contributed by atoms with E-state index in [0.717, 1.165) is 18.9 Å². The van der Waals surface area contributed by atoms with E-state index in [1.165, 1.54) is 12.1 Å². The first-order valence-corrected chi connectivity index (χ1v) is 6.44. The Kier molecular flexibility index (Phi) is 5.76. The van der Waals surface area contributed by atoms with Gasteiger partial charge < -0.3 is 15.5 Å². The Balaban J connectivity index is 2.66. The van der Waals surface area contributed by atoms with Crippen molar-refractivity contribution in [2.75, 3.05) is 6.54 Å². The average molecular weight is 269 g/mol. The first-order chi connectivity index (χ1) is 9.01. The second-order valence-electron chi connectivity index (χ2n) is 4.49. The van der Waals surface area contributed by atoms with Crippen LogP contribution in [0.25, 0.3) is 0 Å². The monoisotopic (exact) mass is 269 g/mol. The molecule has 1 aromatic carbocycles. The Morgan fingerprint density at radius 3 is 2.53 bits per heavy atom. The number of benzene rings is 1. The average Bonchev–Trinajstić information content (AvgIpc) is 2.37. The number of aromatic hydroxyl groups is 1. The highest BCUT2D eigenvalue weighted by atomic mass is 19.1. The third-order valence-corrected chi connectivity index (χ3v) is 3.28. The van der Waals surface area contributed by atoms with E-state index >= 15 is 0 Å². The number of aliphatic hydroxyl groups excluding tert-OH is 1. The Morgan fingerprint density at radius 2 is 2.00 bits per heavy atom. The minimum Gasteiger partial charge on any atom is -0.507 e. The van der Waals surface area contributed by atoms with Crippen LogP contribution in [-0.2, 0) is 0 Å². The Hall–Kier alpha value is -1.62. The van der Waals surface area contributed by atoms with Gasteiger partial charge in [0, 0.05) is 6.54 Å². The zero-order valence-electron chi connectivity index (χ0n) is 11.2. The van der Waals surface area contributed by atoms with Crippen LogP contribution in [0.2, 0.25) is 0 Å². The fourth-order valence-electron chi connectivity index (χ4n) is 2.02. The van der Waals surface area contributed by atoms with Gasteiger partial charge in [0.2, 0.25) is 0 Å².